The number of nitrogens with one attached hydrogen (secondary N) is 1. The smallest absolute Gasteiger partial charge is 0.272 e. The first-order chi connectivity index (χ1) is 9.81. The highest BCUT2D eigenvalue weighted by Gasteiger charge is 2.19. The molecule has 0 unspecified atom stereocenters. The molecule has 0 saturated carbocycles. The number of pyridine rings is 1. The van der Waals surface area contributed by atoms with Gasteiger partial charge in [0.05, 0.1) is 9.95 Å². The normalized spacial score (nSPS) is 11.1. The molecule has 0 atom stereocenters. The summed E-state index contributed by atoms with van der Waals surface area (Å²) in [4.78, 5) is 13.7. The summed E-state index contributed by atoms with van der Waals surface area (Å²) < 4.78 is 26.7. The van der Waals surface area contributed by atoms with Crippen LogP contribution >= 0.6 is 11.6 Å². The van der Waals surface area contributed by atoms with Crippen LogP contribution in [-0.2, 0) is 10.0 Å². The van der Waals surface area contributed by atoms with Crippen LogP contribution in [0.2, 0.25) is 5.02 Å². The highest BCUT2D eigenvalue weighted by Crippen LogP contribution is 2.25. The van der Waals surface area contributed by atoms with Crippen molar-refractivity contribution in [3.63, 3.8) is 0 Å². The Balaban J connectivity index is 2.36. The first kappa shape index (κ1) is 15.2. The predicted octanol–water partition coefficient (Wildman–Crippen LogP) is 2.75. The fourth-order valence-corrected chi connectivity index (χ4v) is 3.18. The minimum absolute atomic E-state index is 0.0381. The molecule has 2 aromatic rings. The lowest BCUT2D eigenvalue weighted by atomic mass is 10.2. The van der Waals surface area contributed by atoms with Gasteiger partial charge in [-0.15, -0.1) is 0 Å². The molecule has 21 heavy (non-hydrogen) atoms. The molecule has 0 spiro atoms. The van der Waals surface area contributed by atoms with Crippen LogP contribution in [0.25, 0.3) is 0 Å². The number of rotatable bonds is 4. The van der Waals surface area contributed by atoms with Gasteiger partial charge in [0.2, 0.25) is 0 Å². The van der Waals surface area contributed by atoms with Gasteiger partial charge in [-0.05, 0) is 25.1 Å². The van der Waals surface area contributed by atoms with E-state index in [1.54, 1.807) is 0 Å². The highest BCUT2D eigenvalue weighted by atomic mass is 35.5. The molecule has 1 aromatic heterocycles. The molecular formula is C12H10ClN3O4S. The standard InChI is InChI=1S/C12H10ClN3O4S/c1-8-6-9(2-3-11(8)16(17)18)15-21(19,20)12-7-14-5-4-10(12)13/h2-7,15H,1H3. The first-order valence-electron chi connectivity index (χ1n) is 5.68. The molecule has 2 rings (SSSR count). The van der Waals surface area contributed by atoms with E-state index in [9.17, 15) is 18.5 Å². The fourth-order valence-electron chi connectivity index (χ4n) is 1.69. The van der Waals surface area contributed by atoms with E-state index < -0.39 is 14.9 Å². The Morgan fingerprint density at radius 1 is 1.33 bits per heavy atom. The maximum atomic E-state index is 12.2. The summed E-state index contributed by atoms with van der Waals surface area (Å²) in [6, 6.07) is 5.28. The third kappa shape index (κ3) is 3.29. The van der Waals surface area contributed by atoms with Gasteiger partial charge >= 0.3 is 0 Å². The van der Waals surface area contributed by atoms with Gasteiger partial charge in [-0.25, -0.2) is 8.42 Å². The van der Waals surface area contributed by atoms with Crippen molar-refractivity contribution in [2.24, 2.45) is 0 Å². The van der Waals surface area contributed by atoms with Crippen molar-refractivity contribution < 1.29 is 13.3 Å². The Kier molecular flexibility index (Phi) is 4.10. The van der Waals surface area contributed by atoms with Crippen molar-refractivity contribution in [1.29, 1.82) is 0 Å². The molecule has 0 aliphatic carbocycles. The Labute approximate surface area is 125 Å². The van der Waals surface area contributed by atoms with E-state index in [0.717, 1.165) is 6.20 Å². The second-order valence-corrected chi connectivity index (χ2v) is 6.23. The molecule has 1 N–H and O–H groups in total. The summed E-state index contributed by atoms with van der Waals surface area (Å²) in [6.07, 6.45) is 2.50. The van der Waals surface area contributed by atoms with Crippen molar-refractivity contribution in [2.45, 2.75) is 11.8 Å². The number of nitro groups is 1. The predicted molar refractivity (Wildman–Crippen MR) is 77.9 cm³/mol. The van der Waals surface area contributed by atoms with Crippen LogP contribution in [0.5, 0.6) is 0 Å². The summed E-state index contributed by atoms with van der Waals surface area (Å²) in [5, 5.41) is 10.8. The van der Waals surface area contributed by atoms with Crippen LogP contribution in [0.1, 0.15) is 5.56 Å². The number of nitrogens with zero attached hydrogens (tertiary/aromatic N) is 2. The number of sulfonamides is 1. The average Bonchev–Trinajstić information content (AvgIpc) is 2.38. The van der Waals surface area contributed by atoms with E-state index >= 15 is 0 Å². The number of halogens is 1. The molecule has 1 aromatic carbocycles. The van der Waals surface area contributed by atoms with Crippen molar-refractivity contribution in [3.8, 4) is 0 Å². The summed E-state index contributed by atoms with van der Waals surface area (Å²) in [7, 11) is -3.91. The van der Waals surface area contributed by atoms with Crippen molar-refractivity contribution in [2.75, 3.05) is 4.72 Å². The molecule has 0 aliphatic rings. The number of aromatic nitrogens is 1. The van der Waals surface area contributed by atoms with E-state index in [0.29, 0.717) is 5.56 Å². The molecule has 0 saturated heterocycles. The van der Waals surface area contributed by atoms with E-state index in [1.165, 1.54) is 37.4 Å². The molecule has 110 valence electrons. The minimum atomic E-state index is -3.91. The molecule has 0 fully saturated rings. The minimum Gasteiger partial charge on any atom is -0.280 e. The molecule has 0 bridgehead atoms. The van der Waals surface area contributed by atoms with Gasteiger partial charge in [-0.2, -0.15) is 0 Å². The van der Waals surface area contributed by atoms with Crippen LogP contribution in [0, 0.1) is 17.0 Å². The number of anilines is 1. The van der Waals surface area contributed by atoms with Crippen LogP contribution < -0.4 is 4.72 Å². The molecule has 7 nitrogen and oxygen atoms in total. The van der Waals surface area contributed by atoms with Gasteiger partial charge < -0.3 is 0 Å². The zero-order valence-corrected chi connectivity index (χ0v) is 12.4. The van der Waals surface area contributed by atoms with Crippen LogP contribution in [0.4, 0.5) is 11.4 Å². The lowest BCUT2D eigenvalue weighted by molar-refractivity contribution is -0.385. The van der Waals surface area contributed by atoms with E-state index in [1.807, 2.05) is 0 Å². The fraction of sp³-hybridized carbons (Fsp3) is 0.0833. The topological polar surface area (TPSA) is 102 Å². The monoisotopic (exact) mass is 327 g/mol. The Morgan fingerprint density at radius 3 is 2.62 bits per heavy atom. The Bertz CT molecular complexity index is 808. The van der Waals surface area contributed by atoms with Gasteiger partial charge in [0.25, 0.3) is 15.7 Å². The van der Waals surface area contributed by atoms with Crippen molar-refractivity contribution in [1.82, 2.24) is 4.98 Å². The van der Waals surface area contributed by atoms with Gasteiger partial charge in [0.15, 0.2) is 0 Å². The molecule has 9 heteroatoms. The average molecular weight is 328 g/mol. The molecule has 0 aliphatic heterocycles. The number of benzene rings is 1. The quantitative estimate of drug-likeness (QED) is 0.687. The van der Waals surface area contributed by atoms with Gasteiger partial charge in [-0.1, -0.05) is 11.6 Å². The summed E-state index contributed by atoms with van der Waals surface area (Å²) in [5.41, 5.74) is 0.466. The lowest BCUT2D eigenvalue weighted by Gasteiger charge is -2.09. The largest absolute Gasteiger partial charge is 0.280 e. The van der Waals surface area contributed by atoms with Gasteiger partial charge in [0, 0.05) is 29.7 Å². The highest BCUT2D eigenvalue weighted by molar-refractivity contribution is 7.92. The number of hydrogen-bond acceptors (Lipinski definition) is 5. The first-order valence-corrected chi connectivity index (χ1v) is 7.55. The number of nitro benzene ring substituents is 1. The molecule has 0 radical (unpaired) electrons. The van der Waals surface area contributed by atoms with Gasteiger partial charge in [0.1, 0.15) is 4.90 Å². The molecule has 0 amide bonds. The Hall–Kier alpha value is -2.19. The lowest BCUT2D eigenvalue weighted by Crippen LogP contribution is -2.14. The van der Waals surface area contributed by atoms with Crippen molar-refractivity contribution >= 4 is 33.0 Å². The SMILES string of the molecule is Cc1cc(NS(=O)(=O)c2cnccc2Cl)ccc1[N+](=O)[O-]. The summed E-state index contributed by atoms with van der Waals surface area (Å²) in [5.74, 6) is 0. The third-order valence-corrected chi connectivity index (χ3v) is 4.52. The number of hydrogen-bond donors (Lipinski definition) is 1. The van der Waals surface area contributed by atoms with Crippen LogP contribution in [0.3, 0.4) is 0 Å². The van der Waals surface area contributed by atoms with Crippen LogP contribution in [-0.4, -0.2) is 18.3 Å². The Morgan fingerprint density at radius 2 is 2.05 bits per heavy atom. The van der Waals surface area contributed by atoms with E-state index in [2.05, 4.69) is 9.71 Å². The van der Waals surface area contributed by atoms with Gasteiger partial charge in [-0.3, -0.25) is 19.8 Å². The number of aryl methyl sites for hydroxylation is 1. The van der Waals surface area contributed by atoms with Crippen LogP contribution in [0.15, 0.2) is 41.6 Å². The molecular weight excluding hydrogens is 318 g/mol. The third-order valence-electron chi connectivity index (χ3n) is 2.67. The molecule has 1 heterocycles. The zero-order valence-electron chi connectivity index (χ0n) is 10.8. The summed E-state index contributed by atoms with van der Waals surface area (Å²) >= 11 is 5.82. The second kappa shape index (κ2) is 5.66. The maximum absolute atomic E-state index is 12.2. The summed E-state index contributed by atoms with van der Waals surface area (Å²) in [6.45, 7) is 1.52. The zero-order chi connectivity index (χ0) is 15.6. The second-order valence-electron chi connectivity index (χ2n) is 4.17. The van der Waals surface area contributed by atoms with E-state index in [4.69, 9.17) is 11.6 Å². The maximum Gasteiger partial charge on any atom is 0.272 e. The van der Waals surface area contributed by atoms with Crippen molar-refractivity contribution in [3.05, 3.63) is 57.4 Å². The van der Waals surface area contributed by atoms with E-state index in [-0.39, 0.29) is 21.3 Å².